The van der Waals surface area contributed by atoms with Crippen molar-refractivity contribution in [1.82, 2.24) is 10.6 Å². The highest BCUT2D eigenvalue weighted by atomic mass is 35.5. The van der Waals surface area contributed by atoms with E-state index in [1.165, 1.54) is 12.1 Å². The molecule has 1 amide bonds. The highest BCUT2D eigenvalue weighted by Crippen LogP contribution is 2.10. The Morgan fingerprint density at radius 2 is 2.00 bits per heavy atom. The third-order valence-electron chi connectivity index (χ3n) is 2.66. The van der Waals surface area contributed by atoms with Crippen molar-refractivity contribution >= 4 is 18.3 Å². The van der Waals surface area contributed by atoms with E-state index < -0.39 is 0 Å². The fraction of sp³-hybridized carbons (Fsp3) is 0.500. The van der Waals surface area contributed by atoms with Gasteiger partial charge < -0.3 is 15.4 Å². The summed E-state index contributed by atoms with van der Waals surface area (Å²) in [6.07, 6.45) is 0.718. The SMILES string of the molecule is CNCC(C)C(=O)NCCCOc1ccc(F)cc1.Cl. The molecule has 114 valence electrons. The van der Waals surface area contributed by atoms with E-state index in [-0.39, 0.29) is 30.0 Å². The van der Waals surface area contributed by atoms with Crippen LogP contribution in [0.15, 0.2) is 24.3 Å². The van der Waals surface area contributed by atoms with Crippen LogP contribution in [-0.4, -0.2) is 32.7 Å². The van der Waals surface area contributed by atoms with Crippen LogP contribution < -0.4 is 15.4 Å². The van der Waals surface area contributed by atoms with E-state index in [4.69, 9.17) is 4.74 Å². The van der Waals surface area contributed by atoms with Gasteiger partial charge in [-0.25, -0.2) is 4.39 Å². The van der Waals surface area contributed by atoms with Gasteiger partial charge in [-0.05, 0) is 37.7 Å². The molecule has 2 N–H and O–H groups in total. The fourth-order valence-electron chi connectivity index (χ4n) is 1.58. The largest absolute Gasteiger partial charge is 0.494 e. The zero-order chi connectivity index (χ0) is 14.1. The predicted octanol–water partition coefficient (Wildman–Crippen LogP) is 1.99. The number of amides is 1. The minimum absolute atomic E-state index is 0. The number of hydrogen-bond donors (Lipinski definition) is 2. The monoisotopic (exact) mass is 304 g/mol. The first-order valence-electron chi connectivity index (χ1n) is 6.44. The normalized spacial score (nSPS) is 11.3. The molecule has 0 saturated heterocycles. The number of benzene rings is 1. The third-order valence-corrected chi connectivity index (χ3v) is 2.66. The molecule has 0 aliphatic rings. The van der Waals surface area contributed by atoms with Crippen molar-refractivity contribution in [1.29, 1.82) is 0 Å². The van der Waals surface area contributed by atoms with Gasteiger partial charge in [0, 0.05) is 19.0 Å². The van der Waals surface area contributed by atoms with E-state index in [2.05, 4.69) is 10.6 Å². The van der Waals surface area contributed by atoms with Crippen LogP contribution in [0.25, 0.3) is 0 Å². The minimum atomic E-state index is -0.280. The first-order valence-corrected chi connectivity index (χ1v) is 6.44. The summed E-state index contributed by atoms with van der Waals surface area (Å²) < 4.78 is 18.1. The highest BCUT2D eigenvalue weighted by molar-refractivity contribution is 5.85. The lowest BCUT2D eigenvalue weighted by atomic mass is 10.1. The molecule has 1 rings (SSSR count). The van der Waals surface area contributed by atoms with Crippen LogP contribution in [-0.2, 0) is 4.79 Å². The van der Waals surface area contributed by atoms with E-state index in [0.29, 0.717) is 25.4 Å². The van der Waals surface area contributed by atoms with Crippen LogP contribution in [0.1, 0.15) is 13.3 Å². The summed E-state index contributed by atoms with van der Waals surface area (Å²) in [4.78, 5) is 11.6. The van der Waals surface area contributed by atoms with Gasteiger partial charge in [-0.15, -0.1) is 12.4 Å². The highest BCUT2D eigenvalue weighted by Gasteiger charge is 2.10. The van der Waals surface area contributed by atoms with E-state index >= 15 is 0 Å². The molecule has 0 aromatic heterocycles. The molecule has 20 heavy (non-hydrogen) atoms. The number of carbonyl (C=O) groups is 1. The Kier molecular flexibility index (Phi) is 9.76. The molecule has 0 radical (unpaired) electrons. The summed E-state index contributed by atoms with van der Waals surface area (Å²) in [7, 11) is 1.82. The predicted molar refractivity (Wildman–Crippen MR) is 79.9 cm³/mol. The van der Waals surface area contributed by atoms with Gasteiger partial charge in [-0.2, -0.15) is 0 Å². The molecule has 0 heterocycles. The first kappa shape index (κ1) is 18.7. The van der Waals surface area contributed by atoms with Crippen molar-refractivity contribution in [2.45, 2.75) is 13.3 Å². The van der Waals surface area contributed by atoms with Crippen molar-refractivity contribution in [3.8, 4) is 5.75 Å². The number of halogens is 2. The second-order valence-electron chi connectivity index (χ2n) is 4.41. The Bertz CT molecular complexity index is 387. The molecule has 1 atom stereocenters. The average molecular weight is 305 g/mol. The first-order chi connectivity index (χ1) is 9.13. The standard InChI is InChI=1S/C14H21FN2O2.ClH/c1-11(10-16-2)14(18)17-8-3-9-19-13-6-4-12(15)5-7-13;/h4-7,11,16H,3,8-10H2,1-2H3,(H,17,18);1H. The summed E-state index contributed by atoms with van der Waals surface area (Å²) in [6, 6.07) is 5.89. The van der Waals surface area contributed by atoms with Gasteiger partial charge in [0.2, 0.25) is 5.91 Å². The molecule has 0 aliphatic carbocycles. The van der Waals surface area contributed by atoms with Gasteiger partial charge in [0.1, 0.15) is 11.6 Å². The van der Waals surface area contributed by atoms with Crippen molar-refractivity contribution in [3.63, 3.8) is 0 Å². The smallest absolute Gasteiger partial charge is 0.224 e. The molecule has 1 aromatic rings. The van der Waals surface area contributed by atoms with Gasteiger partial charge in [0.05, 0.1) is 6.61 Å². The lowest BCUT2D eigenvalue weighted by Crippen LogP contribution is -2.35. The van der Waals surface area contributed by atoms with Crippen LogP contribution in [0.3, 0.4) is 0 Å². The zero-order valence-corrected chi connectivity index (χ0v) is 12.6. The lowest BCUT2D eigenvalue weighted by molar-refractivity contribution is -0.124. The van der Waals surface area contributed by atoms with Gasteiger partial charge in [-0.3, -0.25) is 4.79 Å². The second-order valence-corrected chi connectivity index (χ2v) is 4.41. The van der Waals surface area contributed by atoms with Crippen LogP contribution >= 0.6 is 12.4 Å². The average Bonchev–Trinajstić information content (AvgIpc) is 2.40. The Hall–Kier alpha value is -1.33. The Morgan fingerprint density at radius 1 is 1.35 bits per heavy atom. The molecule has 0 bridgehead atoms. The fourth-order valence-corrected chi connectivity index (χ4v) is 1.58. The maximum absolute atomic E-state index is 12.6. The van der Waals surface area contributed by atoms with Crippen molar-refractivity contribution in [2.24, 2.45) is 5.92 Å². The van der Waals surface area contributed by atoms with Crippen LogP contribution in [0.2, 0.25) is 0 Å². The number of carbonyl (C=O) groups excluding carboxylic acids is 1. The molecular formula is C14H22ClFN2O2. The molecule has 0 spiro atoms. The van der Waals surface area contributed by atoms with E-state index in [1.54, 1.807) is 12.1 Å². The molecule has 0 saturated carbocycles. The second kappa shape index (κ2) is 10.5. The molecule has 1 unspecified atom stereocenters. The van der Waals surface area contributed by atoms with Gasteiger partial charge in [0.25, 0.3) is 0 Å². The Labute approximate surface area is 125 Å². The van der Waals surface area contributed by atoms with Gasteiger partial charge in [0.15, 0.2) is 0 Å². The van der Waals surface area contributed by atoms with Crippen molar-refractivity contribution in [2.75, 3.05) is 26.7 Å². The molecule has 1 aromatic carbocycles. The summed E-state index contributed by atoms with van der Waals surface area (Å²) in [5.74, 6) is 0.355. The lowest BCUT2D eigenvalue weighted by Gasteiger charge is -2.11. The van der Waals surface area contributed by atoms with Crippen LogP contribution in [0, 0.1) is 11.7 Å². The number of rotatable bonds is 8. The molecule has 4 nitrogen and oxygen atoms in total. The molecule has 0 fully saturated rings. The van der Waals surface area contributed by atoms with Crippen LogP contribution in [0.5, 0.6) is 5.75 Å². The number of ether oxygens (including phenoxy) is 1. The van der Waals surface area contributed by atoms with Gasteiger partial charge in [-0.1, -0.05) is 6.92 Å². The Balaban J connectivity index is 0.00000361. The number of hydrogen-bond acceptors (Lipinski definition) is 3. The van der Waals surface area contributed by atoms with Gasteiger partial charge >= 0.3 is 0 Å². The molecule has 6 heteroatoms. The minimum Gasteiger partial charge on any atom is -0.494 e. The summed E-state index contributed by atoms with van der Waals surface area (Å²) in [6.45, 7) is 3.61. The third kappa shape index (κ3) is 7.31. The Morgan fingerprint density at radius 3 is 2.60 bits per heavy atom. The van der Waals surface area contributed by atoms with Crippen molar-refractivity contribution in [3.05, 3.63) is 30.1 Å². The number of nitrogens with one attached hydrogen (secondary N) is 2. The zero-order valence-electron chi connectivity index (χ0n) is 11.8. The summed E-state index contributed by atoms with van der Waals surface area (Å²) in [5.41, 5.74) is 0. The maximum Gasteiger partial charge on any atom is 0.224 e. The van der Waals surface area contributed by atoms with E-state index in [0.717, 1.165) is 6.42 Å². The molecule has 0 aliphatic heterocycles. The van der Waals surface area contributed by atoms with E-state index in [1.807, 2.05) is 14.0 Å². The molecular weight excluding hydrogens is 283 g/mol. The van der Waals surface area contributed by atoms with Crippen molar-refractivity contribution < 1.29 is 13.9 Å². The topological polar surface area (TPSA) is 50.4 Å². The van der Waals surface area contributed by atoms with E-state index in [9.17, 15) is 9.18 Å². The summed E-state index contributed by atoms with van der Waals surface area (Å²) >= 11 is 0. The quantitative estimate of drug-likeness (QED) is 0.722. The summed E-state index contributed by atoms with van der Waals surface area (Å²) in [5, 5.41) is 5.80. The maximum atomic E-state index is 12.6. The van der Waals surface area contributed by atoms with Crippen LogP contribution in [0.4, 0.5) is 4.39 Å².